The van der Waals surface area contributed by atoms with Crippen molar-refractivity contribution in [3.8, 4) is 0 Å². The SMILES string of the molecule is [CH-]1CCC1.[Cl-].[Mg+2]. The average Bonchev–Trinajstić information content (AvgIpc) is 0.722. The molecule has 0 amide bonds. The van der Waals surface area contributed by atoms with Gasteiger partial charge in [0, 0.05) is 0 Å². The summed E-state index contributed by atoms with van der Waals surface area (Å²) in [6.07, 6.45) is 6.50. The van der Waals surface area contributed by atoms with Crippen molar-refractivity contribution >= 4 is 23.1 Å². The molecular formula is C4H7ClMg. The van der Waals surface area contributed by atoms with Crippen LogP contribution in [0.3, 0.4) is 0 Å². The van der Waals surface area contributed by atoms with Gasteiger partial charge >= 0.3 is 23.1 Å². The quantitative estimate of drug-likeness (QED) is 0.253. The minimum absolute atomic E-state index is 0. The van der Waals surface area contributed by atoms with E-state index in [1.807, 2.05) is 0 Å². The maximum Gasteiger partial charge on any atom is 2.00 e. The van der Waals surface area contributed by atoms with Crippen LogP contribution >= 0.6 is 0 Å². The monoisotopic (exact) mass is 114 g/mol. The van der Waals surface area contributed by atoms with Crippen LogP contribution in [0.1, 0.15) is 19.3 Å². The largest absolute Gasteiger partial charge is 2.00 e. The molecule has 0 unspecified atom stereocenters. The zero-order valence-electron chi connectivity index (χ0n) is 3.78. The van der Waals surface area contributed by atoms with Gasteiger partial charge in [0.2, 0.25) is 0 Å². The van der Waals surface area contributed by atoms with Crippen molar-refractivity contribution < 1.29 is 12.4 Å². The van der Waals surface area contributed by atoms with E-state index in [1.54, 1.807) is 0 Å². The van der Waals surface area contributed by atoms with Crippen molar-refractivity contribution in [2.75, 3.05) is 0 Å². The Morgan fingerprint density at radius 1 is 1.17 bits per heavy atom. The van der Waals surface area contributed by atoms with Gasteiger partial charge < -0.3 is 18.8 Å². The van der Waals surface area contributed by atoms with Crippen molar-refractivity contribution in [1.29, 1.82) is 0 Å². The first-order valence-electron chi connectivity index (χ1n) is 1.82. The van der Waals surface area contributed by atoms with Gasteiger partial charge in [0.15, 0.2) is 0 Å². The molecule has 0 aliphatic heterocycles. The van der Waals surface area contributed by atoms with E-state index in [4.69, 9.17) is 0 Å². The summed E-state index contributed by atoms with van der Waals surface area (Å²) in [7, 11) is 0. The first-order valence-corrected chi connectivity index (χ1v) is 1.82. The molecule has 0 aromatic rings. The minimum Gasteiger partial charge on any atom is -1.00 e. The first-order chi connectivity index (χ1) is 2.00. The van der Waals surface area contributed by atoms with Gasteiger partial charge in [-0.25, -0.2) is 0 Å². The van der Waals surface area contributed by atoms with Crippen molar-refractivity contribution in [2.45, 2.75) is 19.3 Å². The van der Waals surface area contributed by atoms with E-state index in [0.717, 1.165) is 0 Å². The van der Waals surface area contributed by atoms with Gasteiger partial charge in [0.25, 0.3) is 0 Å². The number of halogens is 1. The van der Waals surface area contributed by atoms with Crippen LogP contribution in [0, 0.1) is 6.42 Å². The Balaban J connectivity index is 0. The minimum atomic E-state index is 0. The fourth-order valence-electron chi connectivity index (χ4n) is 0.204. The van der Waals surface area contributed by atoms with E-state index in [9.17, 15) is 0 Å². The normalized spacial score (nSPS) is 16.0. The van der Waals surface area contributed by atoms with Gasteiger partial charge in [0.1, 0.15) is 0 Å². The predicted octanol–water partition coefficient (Wildman–Crippen LogP) is -2.00. The Morgan fingerprint density at radius 2 is 1.33 bits per heavy atom. The van der Waals surface area contributed by atoms with Crippen molar-refractivity contribution in [1.82, 2.24) is 0 Å². The molecule has 0 spiro atoms. The average molecular weight is 115 g/mol. The van der Waals surface area contributed by atoms with Crippen LogP contribution in [0.2, 0.25) is 0 Å². The van der Waals surface area contributed by atoms with Gasteiger partial charge in [-0.15, -0.1) is 6.42 Å². The molecule has 0 atom stereocenters. The van der Waals surface area contributed by atoms with Gasteiger partial charge in [-0.1, -0.05) is 0 Å². The van der Waals surface area contributed by atoms with Crippen LogP contribution in [0.15, 0.2) is 0 Å². The van der Waals surface area contributed by atoms with Gasteiger partial charge in [-0.05, 0) is 0 Å². The van der Waals surface area contributed by atoms with Gasteiger partial charge in [-0.2, -0.15) is 12.8 Å². The summed E-state index contributed by atoms with van der Waals surface area (Å²) in [5.74, 6) is 0. The second-order valence-corrected chi connectivity index (χ2v) is 1.22. The molecule has 0 aromatic carbocycles. The van der Waals surface area contributed by atoms with E-state index in [-0.39, 0.29) is 35.5 Å². The van der Waals surface area contributed by atoms with Crippen LogP contribution in [0.5, 0.6) is 0 Å². The van der Waals surface area contributed by atoms with E-state index < -0.39 is 0 Å². The number of rotatable bonds is 0. The molecule has 1 fully saturated rings. The fourth-order valence-corrected chi connectivity index (χ4v) is 0.204. The third-order valence-corrected chi connectivity index (χ3v) is 0.816. The molecule has 0 heterocycles. The number of hydrogen-bond acceptors (Lipinski definition) is 0. The van der Waals surface area contributed by atoms with E-state index in [1.165, 1.54) is 19.3 Å². The van der Waals surface area contributed by atoms with Crippen molar-refractivity contribution in [3.63, 3.8) is 0 Å². The molecule has 1 aliphatic rings. The van der Waals surface area contributed by atoms with Gasteiger partial charge in [0.05, 0.1) is 0 Å². The van der Waals surface area contributed by atoms with Crippen LogP contribution in [0.4, 0.5) is 0 Å². The summed E-state index contributed by atoms with van der Waals surface area (Å²) in [6, 6.07) is 0. The molecule has 0 N–H and O–H groups in total. The second kappa shape index (κ2) is 6.06. The summed E-state index contributed by atoms with van der Waals surface area (Å²) in [5.41, 5.74) is 0. The maximum atomic E-state index is 2.31. The molecule has 0 saturated heterocycles. The molecule has 2 heteroatoms. The van der Waals surface area contributed by atoms with Gasteiger partial charge in [-0.3, -0.25) is 0 Å². The molecule has 1 rings (SSSR count). The summed E-state index contributed by atoms with van der Waals surface area (Å²) in [4.78, 5) is 0. The smallest absolute Gasteiger partial charge is 1.00 e. The van der Waals surface area contributed by atoms with Crippen LogP contribution in [-0.4, -0.2) is 23.1 Å². The molecular weight excluding hydrogens is 108 g/mol. The molecule has 0 nitrogen and oxygen atoms in total. The predicted molar refractivity (Wildman–Crippen MR) is 23.9 cm³/mol. The summed E-state index contributed by atoms with van der Waals surface area (Å²) in [5, 5.41) is 0. The zero-order valence-corrected chi connectivity index (χ0v) is 5.95. The zero-order chi connectivity index (χ0) is 2.83. The standard InChI is InChI=1S/C4H7.ClH.Mg/c1-2-4-3-1;;/h1H,2-4H2;1H;/q-1;;+2/p-1. The molecule has 1 saturated carbocycles. The summed E-state index contributed by atoms with van der Waals surface area (Å²) < 4.78 is 0. The molecule has 0 aromatic heterocycles. The van der Waals surface area contributed by atoms with Crippen LogP contribution < -0.4 is 12.4 Å². The van der Waals surface area contributed by atoms with Crippen molar-refractivity contribution in [2.24, 2.45) is 0 Å². The topological polar surface area (TPSA) is 0 Å². The Labute approximate surface area is 61.3 Å². The van der Waals surface area contributed by atoms with Crippen LogP contribution in [0.25, 0.3) is 0 Å². The van der Waals surface area contributed by atoms with E-state index in [2.05, 4.69) is 6.42 Å². The summed E-state index contributed by atoms with van der Waals surface area (Å²) in [6.45, 7) is 0. The molecule has 6 heavy (non-hydrogen) atoms. The Hall–Kier alpha value is 1.06. The fraction of sp³-hybridized carbons (Fsp3) is 0.750. The van der Waals surface area contributed by atoms with E-state index in [0.29, 0.717) is 0 Å². The molecule has 32 valence electrons. The Morgan fingerprint density at radius 3 is 1.33 bits per heavy atom. The Kier molecular flexibility index (Phi) is 10.2. The second-order valence-electron chi connectivity index (χ2n) is 1.22. The summed E-state index contributed by atoms with van der Waals surface area (Å²) >= 11 is 0. The first kappa shape index (κ1) is 10.1. The van der Waals surface area contributed by atoms with Crippen LogP contribution in [-0.2, 0) is 0 Å². The molecule has 0 bridgehead atoms. The maximum absolute atomic E-state index is 2.31. The van der Waals surface area contributed by atoms with Crippen molar-refractivity contribution in [3.05, 3.63) is 6.42 Å². The third-order valence-electron chi connectivity index (χ3n) is 0.816. The molecule has 1 aliphatic carbocycles. The van der Waals surface area contributed by atoms with E-state index >= 15 is 0 Å². The Bertz CT molecular complexity index is 15.5. The molecule has 0 radical (unpaired) electrons. The third kappa shape index (κ3) is 3.25. The number of hydrogen-bond donors (Lipinski definition) is 0.